The van der Waals surface area contributed by atoms with Crippen LogP contribution in [-0.4, -0.2) is 25.3 Å². The summed E-state index contributed by atoms with van der Waals surface area (Å²) >= 11 is 0. The number of hydrogen-bond acceptors (Lipinski definition) is 4. The van der Waals surface area contributed by atoms with Gasteiger partial charge in [0.25, 0.3) is 0 Å². The molecular formula is C44H72N2O4. The Morgan fingerprint density at radius 2 is 0.720 bits per heavy atom. The average molecular weight is 693 g/mol. The molecule has 0 spiro atoms. The molecule has 0 fully saturated rings. The molecule has 0 bridgehead atoms. The highest BCUT2D eigenvalue weighted by atomic mass is 16.6. The largest absolute Gasteiger partial charge is 0.412 e. The van der Waals surface area contributed by atoms with Gasteiger partial charge >= 0.3 is 12.2 Å². The maximum atomic E-state index is 12.4. The summed E-state index contributed by atoms with van der Waals surface area (Å²) in [5, 5.41) is 5.79. The fourth-order valence-electron chi connectivity index (χ4n) is 6.48. The number of hydrogen-bond donors (Lipinski definition) is 2. The summed E-state index contributed by atoms with van der Waals surface area (Å²) in [4.78, 5) is 24.9. The fraction of sp³-hybridized carbons (Fsp3) is 0.682. The number of para-hydroxylation sites is 2. The van der Waals surface area contributed by atoms with Gasteiger partial charge in [-0.2, -0.15) is 0 Å². The van der Waals surface area contributed by atoms with Gasteiger partial charge in [0.2, 0.25) is 0 Å². The number of rotatable bonds is 31. The molecule has 0 unspecified atom stereocenters. The number of benzene rings is 2. The Morgan fingerprint density at radius 1 is 0.420 bits per heavy atom. The molecule has 0 aromatic heterocycles. The second-order valence-corrected chi connectivity index (χ2v) is 14.1. The van der Waals surface area contributed by atoms with Crippen LogP contribution in [0.15, 0.2) is 48.5 Å². The van der Waals surface area contributed by atoms with Crippen molar-refractivity contribution in [1.29, 1.82) is 0 Å². The van der Waals surface area contributed by atoms with E-state index in [1.807, 2.05) is 36.4 Å². The third-order valence-corrected chi connectivity index (χ3v) is 9.59. The van der Waals surface area contributed by atoms with E-state index in [-0.39, 0.29) is 0 Å². The van der Waals surface area contributed by atoms with Gasteiger partial charge in [-0.05, 0) is 61.8 Å². The van der Waals surface area contributed by atoms with Gasteiger partial charge in [-0.1, -0.05) is 179 Å². The van der Waals surface area contributed by atoms with E-state index in [0.717, 1.165) is 62.5 Å². The van der Waals surface area contributed by atoms with E-state index in [2.05, 4.69) is 36.6 Å². The number of unbranched alkanes of at least 4 members (excludes halogenated alkanes) is 21. The van der Waals surface area contributed by atoms with Crippen molar-refractivity contribution >= 4 is 12.2 Å². The molecule has 0 atom stereocenters. The second kappa shape index (κ2) is 30.8. The zero-order valence-electron chi connectivity index (χ0n) is 32.1. The molecule has 0 saturated carbocycles. The van der Waals surface area contributed by atoms with E-state index in [9.17, 15) is 9.59 Å². The first kappa shape index (κ1) is 43.1. The minimum absolute atomic E-state index is 0.390. The first-order valence-corrected chi connectivity index (χ1v) is 20.7. The monoisotopic (exact) mass is 693 g/mol. The lowest BCUT2D eigenvalue weighted by Gasteiger charge is -2.11. The molecule has 2 aromatic carbocycles. The van der Waals surface area contributed by atoms with Gasteiger partial charge in [-0.15, -0.1) is 0 Å². The van der Waals surface area contributed by atoms with Crippen LogP contribution in [0.5, 0.6) is 11.5 Å². The summed E-state index contributed by atoms with van der Waals surface area (Å²) in [5.74, 6) is 1.33. The van der Waals surface area contributed by atoms with E-state index in [0.29, 0.717) is 24.6 Å². The Hall–Kier alpha value is -3.02. The van der Waals surface area contributed by atoms with Crippen molar-refractivity contribution in [2.45, 2.75) is 181 Å². The molecule has 6 nitrogen and oxygen atoms in total. The number of carbonyl (C=O) groups is 2. The molecule has 2 N–H and O–H groups in total. The van der Waals surface area contributed by atoms with Crippen LogP contribution in [0.3, 0.4) is 0 Å². The topological polar surface area (TPSA) is 76.7 Å². The molecule has 2 rings (SSSR count). The molecule has 0 radical (unpaired) electrons. The van der Waals surface area contributed by atoms with E-state index < -0.39 is 12.2 Å². The Bertz CT molecular complexity index is 1030. The summed E-state index contributed by atoms with van der Waals surface area (Å²) < 4.78 is 11.3. The zero-order chi connectivity index (χ0) is 35.7. The van der Waals surface area contributed by atoms with Crippen LogP contribution in [0, 0.1) is 0 Å². The van der Waals surface area contributed by atoms with Crippen LogP contribution < -0.4 is 20.1 Å². The molecule has 6 heteroatoms. The Balaban J connectivity index is 1.49. The summed E-state index contributed by atoms with van der Waals surface area (Å²) in [6.45, 7) is 5.68. The number of amides is 2. The third kappa shape index (κ3) is 22.6. The van der Waals surface area contributed by atoms with E-state index >= 15 is 0 Å². The van der Waals surface area contributed by atoms with Gasteiger partial charge in [0.05, 0.1) is 0 Å². The van der Waals surface area contributed by atoms with Crippen molar-refractivity contribution in [2.75, 3.05) is 13.1 Å². The number of nitrogens with one attached hydrogen (secondary N) is 2. The van der Waals surface area contributed by atoms with Crippen LogP contribution in [0.4, 0.5) is 9.59 Å². The molecule has 50 heavy (non-hydrogen) atoms. The predicted octanol–water partition coefficient (Wildman–Crippen LogP) is 13.1. The molecule has 0 aliphatic heterocycles. The van der Waals surface area contributed by atoms with Crippen molar-refractivity contribution in [3.63, 3.8) is 0 Å². The molecule has 282 valence electrons. The molecule has 0 aliphatic rings. The summed E-state index contributed by atoms with van der Waals surface area (Å²) in [7, 11) is 0. The van der Waals surface area contributed by atoms with E-state index in [1.54, 1.807) is 0 Å². The van der Waals surface area contributed by atoms with Crippen LogP contribution in [-0.2, 0) is 12.8 Å². The lowest BCUT2D eigenvalue weighted by molar-refractivity contribution is 0.198. The summed E-state index contributed by atoms with van der Waals surface area (Å²) in [6.07, 6.45) is 31.0. The first-order valence-electron chi connectivity index (χ1n) is 20.7. The van der Waals surface area contributed by atoms with Crippen LogP contribution >= 0.6 is 0 Å². The summed E-state index contributed by atoms with van der Waals surface area (Å²) in [5.41, 5.74) is 2.21. The SMILES string of the molecule is CCCCCCCCCCCCc1ccccc1OC(=O)NCCCCCCNC(=O)Oc1ccccc1CCCCCCCCCCCC. The highest BCUT2D eigenvalue weighted by Gasteiger charge is 2.10. The van der Waals surface area contributed by atoms with Crippen molar-refractivity contribution < 1.29 is 19.1 Å². The molecule has 0 aliphatic carbocycles. The number of aryl methyl sites for hydroxylation is 2. The third-order valence-electron chi connectivity index (χ3n) is 9.59. The summed E-state index contributed by atoms with van der Waals surface area (Å²) in [6, 6.07) is 15.8. The molecule has 2 aromatic rings. The van der Waals surface area contributed by atoms with Crippen molar-refractivity contribution in [2.24, 2.45) is 0 Å². The Kier molecular flexibility index (Phi) is 26.6. The smallest absolute Gasteiger partial charge is 0.410 e. The van der Waals surface area contributed by atoms with E-state index in [4.69, 9.17) is 9.47 Å². The minimum atomic E-state index is -0.390. The van der Waals surface area contributed by atoms with Gasteiger partial charge in [0.15, 0.2) is 0 Å². The van der Waals surface area contributed by atoms with Gasteiger partial charge in [0.1, 0.15) is 11.5 Å². The predicted molar refractivity (Wildman–Crippen MR) is 211 cm³/mol. The van der Waals surface area contributed by atoms with Gasteiger partial charge in [0, 0.05) is 13.1 Å². The lowest BCUT2D eigenvalue weighted by Crippen LogP contribution is -2.28. The van der Waals surface area contributed by atoms with Crippen LogP contribution in [0.25, 0.3) is 0 Å². The fourth-order valence-corrected chi connectivity index (χ4v) is 6.48. The average Bonchev–Trinajstić information content (AvgIpc) is 3.12. The van der Waals surface area contributed by atoms with E-state index in [1.165, 1.54) is 116 Å². The highest BCUT2D eigenvalue weighted by Crippen LogP contribution is 2.23. The Morgan fingerprint density at radius 3 is 1.08 bits per heavy atom. The van der Waals surface area contributed by atoms with Crippen molar-refractivity contribution in [3.05, 3.63) is 59.7 Å². The van der Waals surface area contributed by atoms with Crippen LogP contribution in [0.1, 0.15) is 179 Å². The minimum Gasteiger partial charge on any atom is -0.410 e. The normalized spacial score (nSPS) is 11.0. The van der Waals surface area contributed by atoms with Crippen molar-refractivity contribution in [1.82, 2.24) is 10.6 Å². The van der Waals surface area contributed by atoms with Crippen molar-refractivity contribution in [3.8, 4) is 11.5 Å². The maximum Gasteiger partial charge on any atom is 0.412 e. The lowest BCUT2D eigenvalue weighted by atomic mass is 10.0. The maximum absolute atomic E-state index is 12.4. The van der Waals surface area contributed by atoms with Gasteiger partial charge in [-0.25, -0.2) is 9.59 Å². The number of carbonyl (C=O) groups excluding carboxylic acids is 2. The quantitative estimate of drug-likeness (QED) is 0.0771. The molecule has 0 saturated heterocycles. The highest BCUT2D eigenvalue weighted by molar-refractivity contribution is 5.71. The second-order valence-electron chi connectivity index (χ2n) is 14.1. The molecule has 2 amide bonds. The zero-order valence-corrected chi connectivity index (χ0v) is 32.1. The van der Waals surface area contributed by atoms with Gasteiger partial charge in [-0.3, -0.25) is 0 Å². The standard InChI is InChI=1S/C44H72N2O4/c1-3-5-7-9-11-13-15-17-19-23-31-39-33-25-27-35-41(39)49-43(47)45-37-29-21-22-30-38-46-44(48)50-42-36-28-26-34-40(42)32-24-20-18-16-14-12-10-8-6-4-2/h25-28,33-36H,3-24,29-32,37-38H2,1-2H3,(H,45,47)(H,46,48). The molecule has 0 heterocycles. The number of ether oxygens (including phenoxy) is 2. The molecular weight excluding hydrogens is 620 g/mol. The van der Waals surface area contributed by atoms with Gasteiger partial charge < -0.3 is 20.1 Å². The first-order chi connectivity index (χ1) is 24.6. The van der Waals surface area contributed by atoms with Crippen LogP contribution in [0.2, 0.25) is 0 Å². The Labute approximate surface area is 306 Å².